The van der Waals surface area contributed by atoms with Crippen LogP contribution in [0.2, 0.25) is 0 Å². The number of aromatic nitrogens is 1. The van der Waals surface area contributed by atoms with Gasteiger partial charge in [-0.2, -0.15) is 0 Å². The third-order valence-electron chi connectivity index (χ3n) is 6.75. The number of rotatable bonds is 7. The molecule has 35 heavy (non-hydrogen) atoms. The lowest BCUT2D eigenvalue weighted by Gasteiger charge is -2.38. The summed E-state index contributed by atoms with van der Waals surface area (Å²) >= 11 is 0. The second kappa shape index (κ2) is 10.1. The van der Waals surface area contributed by atoms with E-state index in [1.807, 2.05) is 47.4 Å². The van der Waals surface area contributed by atoms with Crippen LogP contribution in [0.15, 0.2) is 84.9 Å². The first-order valence-corrected chi connectivity index (χ1v) is 12.0. The molecule has 5 rings (SSSR count). The monoisotopic (exact) mass is 466 g/mol. The summed E-state index contributed by atoms with van der Waals surface area (Å²) in [7, 11) is 3.30. The molecular formula is C30H30N2O3. The smallest absolute Gasteiger partial charge is 0.223 e. The van der Waals surface area contributed by atoms with E-state index in [1.165, 1.54) is 5.56 Å². The van der Waals surface area contributed by atoms with Crippen molar-refractivity contribution in [2.45, 2.75) is 25.3 Å². The summed E-state index contributed by atoms with van der Waals surface area (Å²) in [6.07, 6.45) is 1.90. The van der Waals surface area contributed by atoms with Crippen molar-refractivity contribution in [3.8, 4) is 22.8 Å². The van der Waals surface area contributed by atoms with E-state index in [2.05, 4.69) is 47.4 Å². The van der Waals surface area contributed by atoms with Crippen molar-refractivity contribution >= 4 is 5.91 Å². The van der Waals surface area contributed by atoms with Gasteiger partial charge < -0.3 is 19.4 Å². The Kier molecular flexibility index (Phi) is 6.57. The van der Waals surface area contributed by atoms with Gasteiger partial charge in [0.1, 0.15) is 0 Å². The number of hydrogen-bond donors (Lipinski definition) is 1. The van der Waals surface area contributed by atoms with Gasteiger partial charge in [-0.15, -0.1) is 0 Å². The van der Waals surface area contributed by atoms with Gasteiger partial charge in [-0.05, 0) is 59.4 Å². The standard InChI is InChI=1S/C30H30N2O3/c1-34-27-19-23-17-18-32(30(22-11-7-4-8-12-22)25(23)20-28(27)35-2)29(33)16-14-24-13-15-26(31-24)21-9-5-3-6-10-21/h3-13,15,19-20,30-31H,14,16-18H2,1-2H3. The predicted molar refractivity (Wildman–Crippen MR) is 138 cm³/mol. The number of methoxy groups -OCH3 is 2. The molecule has 0 saturated heterocycles. The van der Waals surface area contributed by atoms with E-state index in [9.17, 15) is 4.79 Å². The fourth-order valence-electron chi connectivity index (χ4n) is 4.97. The highest BCUT2D eigenvalue weighted by atomic mass is 16.5. The van der Waals surface area contributed by atoms with Crippen molar-refractivity contribution in [1.82, 2.24) is 9.88 Å². The highest BCUT2D eigenvalue weighted by Crippen LogP contribution is 2.41. The van der Waals surface area contributed by atoms with Gasteiger partial charge in [0, 0.05) is 24.4 Å². The van der Waals surface area contributed by atoms with Crippen molar-refractivity contribution in [1.29, 1.82) is 0 Å². The number of benzene rings is 3. The molecular weight excluding hydrogens is 436 g/mol. The zero-order chi connectivity index (χ0) is 24.2. The zero-order valence-electron chi connectivity index (χ0n) is 20.2. The molecule has 5 nitrogen and oxygen atoms in total. The van der Waals surface area contributed by atoms with E-state index in [0.29, 0.717) is 25.1 Å². The van der Waals surface area contributed by atoms with Gasteiger partial charge in [0.2, 0.25) is 5.91 Å². The van der Waals surface area contributed by atoms with Crippen molar-refractivity contribution in [3.05, 3.63) is 107 Å². The highest BCUT2D eigenvalue weighted by molar-refractivity contribution is 5.78. The Bertz CT molecular complexity index is 1300. The number of aromatic amines is 1. The Hall–Kier alpha value is -3.99. The lowest BCUT2D eigenvalue weighted by atomic mass is 9.87. The summed E-state index contributed by atoms with van der Waals surface area (Å²) in [6, 6.07) is 28.6. The minimum Gasteiger partial charge on any atom is -0.493 e. The third-order valence-corrected chi connectivity index (χ3v) is 6.75. The molecule has 1 aliphatic rings. The number of H-pyrrole nitrogens is 1. The molecule has 1 atom stereocenters. The molecule has 0 aliphatic carbocycles. The van der Waals surface area contributed by atoms with Crippen molar-refractivity contribution in [2.24, 2.45) is 0 Å². The van der Waals surface area contributed by atoms with Crippen LogP contribution in [0, 0.1) is 0 Å². The van der Waals surface area contributed by atoms with Gasteiger partial charge in [0.05, 0.1) is 20.3 Å². The van der Waals surface area contributed by atoms with Crippen LogP contribution in [0.3, 0.4) is 0 Å². The van der Waals surface area contributed by atoms with E-state index < -0.39 is 0 Å². The summed E-state index contributed by atoms with van der Waals surface area (Å²) in [5.74, 6) is 1.55. The first-order valence-electron chi connectivity index (χ1n) is 12.0. The van der Waals surface area contributed by atoms with Crippen molar-refractivity contribution in [3.63, 3.8) is 0 Å². The molecule has 2 heterocycles. The number of carbonyl (C=O) groups excluding carboxylic acids is 1. The zero-order valence-corrected chi connectivity index (χ0v) is 20.2. The molecule has 0 fully saturated rings. The van der Waals surface area contributed by atoms with Crippen LogP contribution in [-0.2, 0) is 17.6 Å². The van der Waals surface area contributed by atoms with Crippen LogP contribution in [0.1, 0.15) is 34.8 Å². The number of aryl methyl sites for hydroxylation is 1. The average Bonchev–Trinajstić information content (AvgIpc) is 3.40. The molecule has 0 bridgehead atoms. The first-order chi connectivity index (χ1) is 17.2. The maximum Gasteiger partial charge on any atom is 0.223 e. The van der Waals surface area contributed by atoms with E-state index in [-0.39, 0.29) is 11.9 Å². The highest BCUT2D eigenvalue weighted by Gasteiger charge is 2.33. The van der Waals surface area contributed by atoms with Gasteiger partial charge in [-0.3, -0.25) is 4.79 Å². The number of nitrogens with zero attached hydrogens (tertiary/aromatic N) is 1. The van der Waals surface area contributed by atoms with E-state index >= 15 is 0 Å². The van der Waals surface area contributed by atoms with E-state index in [4.69, 9.17) is 9.47 Å². The van der Waals surface area contributed by atoms with Crippen LogP contribution in [0.5, 0.6) is 11.5 Å². The average molecular weight is 467 g/mol. The number of amides is 1. The number of carbonyl (C=O) groups is 1. The number of fused-ring (bicyclic) bond motifs is 1. The van der Waals surface area contributed by atoms with E-state index in [0.717, 1.165) is 40.2 Å². The van der Waals surface area contributed by atoms with Crippen LogP contribution in [-0.4, -0.2) is 36.6 Å². The molecule has 1 amide bonds. The summed E-state index contributed by atoms with van der Waals surface area (Å²) in [5, 5.41) is 0. The Morgan fingerprint density at radius 1 is 0.914 bits per heavy atom. The summed E-state index contributed by atoms with van der Waals surface area (Å²) in [5.41, 5.74) is 6.67. The molecule has 0 radical (unpaired) electrons. The largest absolute Gasteiger partial charge is 0.493 e. The molecule has 1 aromatic heterocycles. The molecule has 178 valence electrons. The normalized spacial score (nSPS) is 14.9. The van der Waals surface area contributed by atoms with Gasteiger partial charge in [-0.1, -0.05) is 60.7 Å². The Labute approximate surface area is 206 Å². The van der Waals surface area contributed by atoms with Crippen LogP contribution in [0.4, 0.5) is 0 Å². The van der Waals surface area contributed by atoms with Gasteiger partial charge >= 0.3 is 0 Å². The Morgan fingerprint density at radius 2 is 1.60 bits per heavy atom. The second-order valence-electron chi connectivity index (χ2n) is 8.82. The minimum absolute atomic E-state index is 0.148. The maximum absolute atomic E-state index is 13.6. The molecule has 1 unspecified atom stereocenters. The molecule has 3 aromatic carbocycles. The fraction of sp³-hybridized carbons (Fsp3) is 0.233. The maximum atomic E-state index is 13.6. The van der Waals surface area contributed by atoms with Crippen LogP contribution in [0.25, 0.3) is 11.3 Å². The summed E-state index contributed by atoms with van der Waals surface area (Å²) < 4.78 is 11.1. The molecule has 0 spiro atoms. The molecule has 1 aliphatic heterocycles. The fourth-order valence-corrected chi connectivity index (χ4v) is 4.97. The molecule has 5 heteroatoms. The lowest BCUT2D eigenvalue weighted by Crippen LogP contribution is -2.40. The predicted octanol–water partition coefficient (Wildman–Crippen LogP) is 5.81. The van der Waals surface area contributed by atoms with E-state index in [1.54, 1.807) is 14.2 Å². The topological polar surface area (TPSA) is 54.6 Å². The second-order valence-corrected chi connectivity index (χ2v) is 8.82. The number of hydrogen-bond acceptors (Lipinski definition) is 3. The quantitative estimate of drug-likeness (QED) is 0.374. The molecule has 1 N–H and O–H groups in total. The van der Waals surface area contributed by atoms with Crippen molar-refractivity contribution in [2.75, 3.05) is 20.8 Å². The third kappa shape index (κ3) is 4.67. The summed E-state index contributed by atoms with van der Waals surface area (Å²) in [4.78, 5) is 19.1. The minimum atomic E-state index is -0.157. The lowest BCUT2D eigenvalue weighted by molar-refractivity contribution is -0.133. The molecule has 0 saturated carbocycles. The van der Waals surface area contributed by atoms with Gasteiger partial charge in [0.25, 0.3) is 0 Å². The Balaban J connectivity index is 1.40. The van der Waals surface area contributed by atoms with Crippen LogP contribution < -0.4 is 9.47 Å². The summed E-state index contributed by atoms with van der Waals surface area (Å²) in [6.45, 7) is 0.668. The van der Waals surface area contributed by atoms with Crippen molar-refractivity contribution < 1.29 is 14.3 Å². The van der Waals surface area contributed by atoms with Crippen LogP contribution >= 0.6 is 0 Å². The number of ether oxygens (including phenoxy) is 2. The van der Waals surface area contributed by atoms with Gasteiger partial charge in [-0.25, -0.2) is 0 Å². The van der Waals surface area contributed by atoms with Gasteiger partial charge in [0.15, 0.2) is 11.5 Å². The first kappa shape index (κ1) is 22.8. The number of nitrogens with one attached hydrogen (secondary N) is 1. The Morgan fingerprint density at radius 3 is 2.31 bits per heavy atom. The SMILES string of the molecule is COc1cc2c(cc1OC)C(c1ccccc1)N(C(=O)CCc1ccc(-c3ccccc3)[nH]1)CC2. The molecule has 4 aromatic rings.